The number of alkyl halides is 3. The summed E-state index contributed by atoms with van der Waals surface area (Å²) >= 11 is 0. The number of halogens is 3. The molecule has 1 saturated heterocycles. The van der Waals surface area contributed by atoms with Crippen molar-refractivity contribution in [1.82, 2.24) is 19.8 Å². The molecule has 0 saturated carbocycles. The zero-order valence-electron chi connectivity index (χ0n) is 23.4. The fourth-order valence-electron chi connectivity index (χ4n) is 5.14. The average Bonchev–Trinajstić information content (AvgIpc) is 2.97. The molecule has 4 aromatic rings. The maximum absolute atomic E-state index is 13.0. The first-order valence-corrected chi connectivity index (χ1v) is 13.6. The third-order valence-corrected chi connectivity index (χ3v) is 7.56. The minimum atomic E-state index is -4.47. The van der Waals surface area contributed by atoms with Crippen LogP contribution in [0.5, 0.6) is 11.5 Å². The molecule has 0 radical (unpaired) electrons. The molecule has 8 nitrogen and oxygen atoms in total. The van der Waals surface area contributed by atoms with E-state index in [0.717, 1.165) is 55.8 Å². The maximum atomic E-state index is 13.0. The normalized spacial score (nSPS) is 15.5. The first kappa shape index (κ1) is 29.3. The highest BCUT2D eigenvalue weighted by Gasteiger charge is 2.31. The number of hydrogen-bond donors (Lipinski definition) is 1. The van der Waals surface area contributed by atoms with E-state index in [2.05, 4.69) is 26.8 Å². The SMILES string of the molecule is COc1cc2c(-c3ccc(C(C(N)=O)c4ccc(C(F)(F)F)cc4)cc3)ncnc2cc1OCCN1CCN(C)CC1. The minimum Gasteiger partial charge on any atom is -0.493 e. The molecule has 42 heavy (non-hydrogen) atoms. The summed E-state index contributed by atoms with van der Waals surface area (Å²) in [6, 6.07) is 15.2. The van der Waals surface area contributed by atoms with Gasteiger partial charge in [-0.05, 0) is 36.4 Å². The maximum Gasteiger partial charge on any atom is 0.416 e. The Morgan fingerprint density at radius 3 is 2.19 bits per heavy atom. The summed E-state index contributed by atoms with van der Waals surface area (Å²) in [5, 5.41) is 0.753. The van der Waals surface area contributed by atoms with Gasteiger partial charge < -0.3 is 20.1 Å². The van der Waals surface area contributed by atoms with Gasteiger partial charge in [-0.25, -0.2) is 9.97 Å². The summed E-state index contributed by atoms with van der Waals surface area (Å²) in [5.41, 5.74) is 7.89. The van der Waals surface area contributed by atoms with Crippen molar-refractivity contribution in [2.24, 2.45) is 5.73 Å². The predicted molar refractivity (Wildman–Crippen MR) is 153 cm³/mol. The van der Waals surface area contributed by atoms with Gasteiger partial charge in [-0.2, -0.15) is 13.2 Å². The van der Waals surface area contributed by atoms with Crippen molar-refractivity contribution >= 4 is 16.8 Å². The van der Waals surface area contributed by atoms with Crippen molar-refractivity contribution in [2.45, 2.75) is 12.1 Å². The van der Waals surface area contributed by atoms with E-state index in [1.165, 1.54) is 18.5 Å². The number of aromatic nitrogens is 2. The highest BCUT2D eigenvalue weighted by molar-refractivity contribution is 5.94. The molecule has 1 amide bonds. The van der Waals surface area contributed by atoms with Crippen LogP contribution < -0.4 is 15.2 Å². The van der Waals surface area contributed by atoms with Gasteiger partial charge in [-0.1, -0.05) is 36.4 Å². The van der Waals surface area contributed by atoms with Crippen LogP contribution in [-0.4, -0.2) is 79.2 Å². The van der Waals surface area contributed by atoms with Crippen LogP contribution in [0.2, 0.25) is 0 Å². The third kappa shape index (κ3) is 6.47. The molecule has 0 spiro atoms. The van der Waals surface area contributed by atoms with Crippen LogP contribution in [-0.2, 0) is 11.0 Å². The molecule has 1 aliphatic rings. The molecule has 11 heteroatoms. The van der Waals surface area contributed by atoms with Crippen LogP contribution in [0, 0.1) is 0 Å². The van der Waals surface area contributed by atoms with Crippen LogP contribution in [0.1, 0.15) is 22.6 Å². The highest BCUT2D eigenvalue weighted by atomic mass is 19.4. The smallest absolute Gasteiger partial charge is 0.416 e. The van der Waals surface area contributed by atoms with Crippen molar-refractivity contribution < 1.29 is 27.4 Å². The molecule has 1 unspecified atom stereocenters. The van der Waals surface area contributed by atoms with Crippen molar-refractivity contribution in [2.75, 3.05) is 53.5 Å². The van der Waals surface area contributed by atoms with Gasteiger partial charge in [0, 0.05) is 49.7 Å². The van der Waals surface area contributed by atoms with E-state index in [1.807, 2.05) is 12.1 Å². The Bertz CT molecular complexity index is 1540. The van der Waals surface area contributed by atoms with E-state index in [0.29, 0.717) is 40.4 Å². The van der Waals surface area contributed by atoms with Gasteiger partial charge in [0.15, 0.2) is 11.5 Å². The lowest BCUT2D eigenvalue weighted by atomic mass is 9.89. The largest absolute Gasteiger partial charge is 0.493 e. The second kappa shape index (κ2) is 12.3. The van der Waals surface area contributed by atoms with Crippen molar-refractivity contribution in [1.29, 1.82) is 0 Å². The van der Waals surface area contributed by atoms with E-state index in [1.54, 1.807) is 31.4 Å². The minimum absolute atomic E-state index is 0.376. The third-order valence-electron chi connectivity index (χ3n) is 7.56. The molecule has 2 heterocycles. The van der Waals surface area contributed by atoms with Crippen molar-refractivity contribution in [3.8, 4) is 22.8 Å². The number of fused-ring (bicyclic) bond motifs is 1. The van der Waals surface area contributed by atoms with Gasteiger partial charge in [0.25, 0.3) is 0 Å². The van der Waals surface area contributed by atoms with Gasteiger partial charge in [0.1, 0.15) is 12.9 Å². The molecule has 2 N–H and O–H groups in total. The van der Waals surface area contributed by atoms with Crippen LogP contribution >= 0.6 is 0 Å². The number of likely N-dealkylation sites (N-methyl/N-ethyl adjacent to an activating group) is 1. The Labute approximate surface area is 241 Å². The monoisotopic (exact) mass is 579 g/mol. The molecular formula is C31H32F3N5O3. The number of ether oxygens (including phenoxy) is 2. The van der Waals surface area contributed by atoms with Crippen molar-refractivity contribution in [3.63, 3.8) is 0 Å². The number of carbonyl (C=O) groups excluding carboxylic acids is 1. The zero-order chi connectivity index (χ0) is 29.9. The quantitative estimate of drug-likeness (QED) is 0.311. The number of hydrogen-bond acceptors (Lipinski definition) is 7. The molecule has 3 aromatic carbocycles. The van der Waals surface area contributed by atoms with E-state index in [9.17, 15) is 18.0 Å². The number of nitrogens with two attached hydrogens (primary N) is 1. The van der Waals surface area contributed by atoms with Gasteiger partial charge in [-0.15, -0.1) is 0 Å². The summed E-state index contributed by atoms with van der Waals surface area (Å²) in [4.78, 5) is 26.0. The standard InChI is InChI=1S/C31H32F3N5O3/c1-38-11-13-39(14-12-38)15-16-42-27-18-25-24(17-26(27)41-2)29(37-19-36-25)22-5-3-20(4-6-22)28(30(35)40)21-7-9-23(10-8-21)31(32,33)34/h3-10,17-19,28H,11-16H2,1-2H3,(H2,35,40). The second-order valence-corrected chi connectivity index (χ2v) is 10.3. The van der Waals surface area contributed by atoms with Crippen molar-refractivity contribution in [3.05, 3.63) is 83.7 Å². The number of amides is 1. The van der Waals surface area contributed by atoms with Crippen LogP contribution in [0.15, 0.2) is 67.0 Å². The average molecular weight is 580 g/mol. The van der Waals surface area contributed by atoms with E-state index >= 15 is 0 Å². The lowest BCUT2D eigenvalue weighted by Gasteiger charge is -2.32. The Balaban J connectivity index is 1.37. The number of primary amides is 1. The highest BCUT2D eigenvalue weighted by Crippen LogP contribution is 2.36. The Kier molecular flexibility index (Phi) is 8.60. The van der Waals surface area contributed by atoms with Gasteiger partial charge >= 0.3 is 6.18 Å². The summed E-state index contributed by atoms with van der Waals surface area (Å²) < 4.78 is 50.7. The second-order valence-electron chi connectivity index (χ2n) is 10.3. The Morgan fingerprint density at radius 1 is 0.952 bits per heavy atom. The van der Waals surface area contributed by atoms with E-state index in [4.69, 9.17) is 15.2 Å². The van der Waals surface area contributed by atoms with Gasteiger partial charge in [0.05, 0.1) is 29.8 Å². The fourth-order valence-corrected chi connectivity index (χ4v) is 5.14. The van der Waals surface area contributed by atoms with Crippen LogP contribution in [0.4, 0.5) is 13.2 Å². The molecule has 5 rings (SSSR count). The molecule has 1 aromatic heterocycles. The number of rotatable bonds is 9. The van der Waals surface area contributed by atoms with Gasteiger partial charge in [-0.3, -0.25) is 9.69 Å². The zero-order valence-corrected chi connectivity index (χ0v) is 23.4. The molecule has 0 bridgehead atoms. The van der Waals surface area contributed by atoms with Gasteiger partial charge in [0.2, 0.25) is 5.91 Å². The summed E-state index contributed by atoms with van der Waals surface area (Å²) in [5.74, 6) is -0.418. The molecular weight excluding hydrogens is 547 g/mol. The number of piperazine rings is 1. The summed E-state index contributed by atoms with van der Waals surface area (Å²) in [7, 11) is 3.71. The van der Waals surface area contributed by atoms with E-state index < -0.39 is 23.6 Å². The fraction of sp³-hybridized carbons (Fsp3) is 0.323. The Morgan fingerprint density at radius 2 is 1.60 bits per heavy atom. The first-order valence-electron chi connectivity index (χ1n) is 13.6. The Hall–Kier alpha value is -4.22. The molecule has 220 valence electrons. The lowest BCUT2D eigenvalue weighted by Crippen LogP contribution is -2.45. The molecule has 1 aliphatic heterocycles. The summed E-state index contributed by atoms with van der Waals surface area (Å²) in [6.07, 6.45) is -3.00. The molecule has 1 fully saturated rings. The van der Waals surface area contributed by atoms with Crippen LogP contribution in [0.3, 0.4) is 0 Å². The van der Waals surface area contributed by atoms with E-state index in [-0.39, 0.29) is 0 Å². The lowest BCUT2D eigenvalue weighted by molar-refractivity contribution is -0.137. The predicted octanol–water partition coefficient (Wildman–Crippen LogP) is 4.57. The topological polar surface area (TPSA) is 93.8 Å². The summed E-state index contributed by atoms with van der Waals surface area (Å²) in [6.45, 7) is 5.43. The van der Waals surface area contributed by atoms with Crippen LogP contribution in [0.25, 0.3) is 22.2 Å². The number of nitrogens with zero attached hydrogens (tertiary/aromatic N) is 4. The number of carbonyl (C=O) groups is 1. The number of methoxy groups -OCH3 is 1. The number of benzene rings is 3. The first-order chi connectivity index (χ1) is 20.1. The molecule has 1 atom stereocenters. The molecule has 0 aliphatic carbocycles.